The molecule has 4 rings (SSSR count). The topological polar surface area (TPSA) is 64.9 Å². The number of hydrogen-bond donors (Lipinski definition) is 1. The summed E-state index contributed by atoms with van der Waals surface area (Å²) in [5.74, 6) is 2.24. The maximum atomic E-state index is 6.03. The summed E-state index contributed by atoms with van der Waals surface area (Å²) in [5, 5.41) is 11.1. The van der Waals surface area contributed by atoms with Crippen molar-refractivity contribution in [2.24, 2.45) is 5.92 Å². The highest BCUT2D eigenvalue weighted by molar-refractivity contribution is 7.16. The second-order valence-electron chi connectivity index (χ2n) is 6.27. The Kier molecular flexibility index (Phi) is 4.67. The van der Waals surface area contributed by atoms with Crippen molar-refractivity contribution in [1.82, 2.24) is 19.7 Å². The lowest BCUT2D eigenvalue weighted by atomic mass is 9.99. The third-order valence-corrected chi connectivity index (χ3v) is 5.58. The van der Waals surface area contributed by atoms with Gasteiger partial charge in [0.05, 0.1) is 11.1 Å². The third kappa shape index (κ3) is 3.14. The molecule has 3 aromatic rings. The van der Waals surface area contributed by atoms with Gasteiger partial charge in [-0.25, -0.2) is 9.97 Å². The molecule has 0 aromatic carbocycles. The summed E-state index contributed by atoms with van der Waals surface area (Å²) in [6, 6.07) is 4.17. The van der Waals surface area contributed by atoms with E-state index in [1.807, 2.05) is 10.9 Å². The number of rotatable bonds is 6. The molecule has 132 valence electrons. The lowest BCUT2D eigenvalue weighted by Gasteiger charge is -2.20. The van der Waals surface area contributed by atoms with Gasteiger partial charge in [0, 0.05) is 38.2 Å². The Bertz CT molecular complexity index is 858. The van der Waals surface area contributed by atoms with Gasteiger partial charge in [0.15, 0.2) is 0 Å². The molecule has 0 saturated carbocycles. The van der Waals surface area contributed by atoms with Crippen molar-refractivity contribution in [2.45, 2.75) is 39.3 Å². The van der Waals surface area contributed by atoms with Crippen LogP contribution in [0.3, 0.4) is 0 Å². The number of hydrogen-bond acceptors (Lipinski definition) is 6. The molecule has 0 radical (unpaired) electrons. The van der Waals surface area contributed by atoms with Crippen molar-refractivity contribution in [3.63, 3.8) is 0 Å². The van der Waals surface area contributed by atoms with E-state index in [0.29, 0.717) is 5.92 Å². The minimum Gasteiger partial charge on any atom is -0.372 e. The lowest BCUT2D eigenvalue weighted by Crippen LogP contribution is -2.21. The molecule has 0 spiro atoms. The first kappa shape index (κ1) is 16.5. The number of aryl methyl sites for hydroxylation is 2. The molecule has 1 saturated heterocycles. The second kappa shape index (κ2) is 7.09. The van der Waals surface area contributed by atoms with Crippen molar-refractivity contribution in [1.29, 1.82) is 0 Å². The monoisotopic (exact) mass is 357 g/mol. The summed E-state index contributed by atoms with van der Waals surface area (Å²) in [5.41, 5.74) is 1.17. The van der Waals surface area contributed by atoms with Crippen LogP contribution in [0.4, 0.5) is 5.82 Å². The van der Waals surface area contributed by atoms with Gasteiger partial charge in [-0.1, -0.05) is 6.92 Å². The second-order valence-corrected chi connectivity index (χ2v) is 7.17. The van der Waals surface area contributed by atoms with Crippen molar-refractivity contribution >= 4 is 27.4 Å². The number of thiophene rings is 1. The van der Waals surface area contributed by atoms with Crippen LogP contribution in [0.5, 0.6) is 0 Å². The molecule has 0 bridgehead atoms. The van der Waals surface area contributed by atoms with Crippen LogP contribution in [0.25, 0.3) is 10.2 Å². The van der Waals surface area contributed by atoms with Crippen LogP contribution in [0.1, 0.15) is 37.9 Å². The summed E-state index contributed by atoms with van der Waals surface area (Å²) in [7, 11) is 0. The summed E-state index contributed by atoms with van der Waals surface area (Å²) in [6.07, 6.45) is 3.84. The minimum atomic E-state index is 0.0976. The first-order valence-corrected chi connectivity index (χ1v) is 9.79. The molecule has 3 aromatic heterocycles. The van der Waals surface area contributed by atoms with Crippen molar-refractivity contribution in [3.8, 4) is 0 Å². The smallest absolute Gasteiger partial charge is 0.138 e. The molecule has 2 atom stereocenters. The fourth-order valence-electron chi connectivity index (χ4n) is 3.44. The summed E-state index contributed by atoms with van der Waals surface area (Å²) in [6.45, 7) is 6.70. The van der Waals surface area contributed by atoms with Gasteiger partial charge in [-0.15, -0.1) is 11.3 Å². The van der Waals surface area contributed by atoms with Crippen molar-refractivity contribution < 1.29 is 4.74 Å². The lowest BCUT2D eigenvalue weighted by molar-refractivity contribution is 0.0858. The fraction of sp³-hybridized carbons (Fsp3) is 0.500. The molecule has 0 aliphatic carbocycles. The van der Waals surface area contributed by atoms with Crippen LogP contribution in [0.15, 0.2) is 23.7 Å². The van der Waals surface area contributed by atoms with E-state index in [1.54, 1.807) is 11.3 Å². The van der Waals surface area contributed by atoms with Crippen LogP contribution in [0, 0.1) is 5.92 Å². The summed E-state index contributed by atoms with van der Waals surface area (Å²) >= 11 is 1.67. The maximum absolute atomic E-state index is 6.03. The number of fused-ring (bicyclic) bond motifs is 1. The van der Waals surface area contributed by atoms with E-state index < -0.39 is 0 Å². The zero-order valence-corrected chi connectivity index (χ0v) is 15.4. The molecule has 4 heterocycles. The zero-order valence-electron chi connectivity index (χ0n) is 14.6. The van der Waals surface area contributed by atoms with Gasteiger partial charge in [0.25, 0.3) is 0 Å². The predicted octanol–water partition coefficient (Wildman–Crippen LogP) is 3.66. The van der Waals surface area contributed by atoms with Crippen molar-refractivity contribution in [3.05, 3.63) is 35.2 Å². The number of ether oxygens (including phenoxy) is 1. The van der Waals surface area contributed by atoms with Gasteiger partial charge < -0.3 is 10.1 Å². The van der Waals surface area contributed by atoms with E-state index in [2.05, 4.69) is 46.8 Å². The molecule has 6 nitrogen and oxygen atoms in total. The molecule has 1 aliphatic heterocycles. The van der Waals surface area contributed by atoms with Crippen LogP contribution in [-0.4, -0.2) is 32.9 Å². The van der Waals surface area contributed by atoms with Gasteiger partial charge in [-0.3, -0.25) is 4.68 Å². The number of nitrogens with zero attached hydrogens (tertiary/aromatic N) is 4. The quantitative estimate of drug-likeness (QED) is 0.729. The van der Waals surface area contributed by atoms with Gasteiger partial charge >= 0.3 is 0 Å². The SMILES string of the molecule is CCc1nc(NC[C@@H]2CCO[C@H]2c2ccnn2CC)c2ccsc2n1. The highest BCUT2D eigenvalue weighted by Crippen LogP contribution is 2.35. The average Bonchev–Trinajstić information content (AvgIpc) is 3.37. The molecule has 7 heteroatoms. The maximum Gasteiger partial charge on any atom is 0.138 e. The Hall–Kier alpha value is -1.99. The highest BCUT2D eigenvalue weighted by Gasteiger charge is 2.32. The van der Waals surface area contributed by atoms with E-state index in [4.69, 9.17) is 9.72 Å². The van der Waals surface area contributed by atoms with Gasteiger partial charge in [0.1, 0.15) is 22.6 Å². The molecule has 0 amide bonds. The van der Waals surface area contributed by atoms with Crippen LogP contribution in [-0.2, 0) is 17.7 Å². The van der Waals surface area contributed by atoms with Crippen LogP contribution >= 0.6 is 11.3 Å². The summed E-state index contributed by atoms with van der Waals surface area (Å²) < 4.78 is 8.05. The number of nitrogens with one attached hydrogen (secondary N) is 1. The van der Waals surface area contributed by atoms with E-state index >= 15 is 0 Å². The Labute approximate surface area is 151 Å². The largest absolute Gasteiger partial charge is 0.372 e. The Balaban J connectivity index is 1.54. The molecular weight excluding hydrogens is 334 g/mol. The van der Waals surface area contributed by atoms with Crippen molar-refractivity contribution in [2.75, 3.05) is 18.5 Å². The van der Waals surface area contributed by atoms with Crippen LogP contribution < -0.4 is 5.32 Å². The highest BCUT2D eigenvalue weighted by atomic mass is 32.1. The third-order valence-electron chi connectivity index (χ3n) is 4.77. The van der Waals surface area contributed by atoms with E-state index in [1.165, 1.54) is 5.69 Å². The van der Waals surface area contributed by atoms with E-state index in [0.717, 1.165) is 54.4 Å². The fourth-order valence-corrected chi connectivity index (χ4v) is 4.22. The number of aromatic nitrogens is 4. The van der Waals surface area contributed by atoms with Gasteiger partial charge in [0.2, 0.25) is 0 Å². The molecule has 0 unspecified atom stereocenters. The zero-order chi connectivity index (χ0) is 17.2. The summed E-state index contributed by atoms with van der Waals surface area (Å²) in [4.78, 5) is 10.4. The first-order valence-electron chi connectivity index (χ1n) is 8.91. The average molecular weight is 357 g/mol. The van der Waals surface area contributed by atoms with Crippen LogP contribution in [0.2, 0.25) is 0 Å². The minimum absolute atomic E-state index is 0.0976. The normalized spacial score (nSPS) is 20.4. The molecule has 1 fully saturated rings. The van der Waals surface area contributed by atoms with Gasteiger partial charge in [-0.2, -0.15) is 5.10 Å². The molecular formula is C18H23N5OS. The molecule has 1 aliphatic rings. The molecule has 25 heavy (non-hydrogen) atoms. The van der Waals surface area contributed by atoms with E-state index in [-0.39, 0.29) is 6.10 Å². The van der Waals surface area contributed by atoms with E-state index in [9.17, 15) is 0 Å². The predicted molar refractivity (Wildman–Crippen MR) is 100.0 cm³/mol. The Morgan fingerprint density at radius 3 is 3.08 bits per heavy atom. The Morgan fingerprint density at radius 1 is 1.32 bits per heavy atom. The first-order chi connectivity index (χ1) is 12.3. The standard InChI is InChI=1S/C18H23N5OS/c1-3-15-21-17(13-7-10-25-18(13)22-15)19-11-12-6-9-24-16(12)14-5-8-20-23(14)4-2/h5,7-8,10,12,16H,3-4,6,9,11H2,1-2H3,(H,19,21,22)/t12-,16+/m0/s1. The Morgan fingerprint density at radius 2 is 2.24 bits per heavy atom. The number of anilines is 1. The molecule has 1 N–H and O–H groups in total. The van der Waals surface area contributed by atoms with Gasteiger partial charge in [-0.05, 0) is 30.9 Å².